The summed E-state index contributed by atoms with van der Waals surface area (Å²) in [5.41, 5.74) is 3.40. The van der Waals surface area contributed by atoms with Gasteiger partial charge in [0.05, 0.1) is 0 Å². The summed E-state index contributed by atoms with van der Waals surface area (Å²) in [4.78, 5) is 36.5. The van der Waals surface area contributed by atoms with E-state index in [1.54, 1.807) is 6.20 Å². The molecule has 1 aliphatic carbocycles. The van der Waals surface area contributed by atoms with Crippen LogP contribution in [0.15, 0.2) is 29.2 Å². The Morgan fingerprint density at radius 1 is 1.24 bits per heavy atom. The molecule has 1 N–H and O–H groups in total. The lowest BCUT2D eigenvalue weighted by molar-refractivity contribution is 0.0750. The second-order valence-electron chi connectivity index (χ2n) is 6.85. The lowest BCUT2D eigenvalue weighted by Gasteiger charge is -2.24. The maximum Gasteiger partial charge on any atom is 0.254 e. The van der Waals surface area contributed by atoms with Gasteiger partial charge >= 0.3 is 0 Å². The molecule has 0 radical (unpaired) electrons. The van der Waals surface area contributed by atoms with Crippen LogP contribution in [0.4, 0.5) is 5.82 Å². The number of anilines is 1. The van der Waals surface area contributed by atoms with Crippen LogP contribution < -0.4 is 10.5 Å². The highest BCUT2D eigenvalue weighted by Crippen LogP contribution is 2.25. The molecule has 6 nitrogen and oxygen atoms in total. The Morgan fingerprint density at radius 3 is 2.96 bits per heavy atom. The number of hydrogen-bond acceptors (Lipinski definition) is 4. The van der Waals surface area contributed by atoms with Crippen molar-refractivity contribution in [3.8, 4) is 0 Å². The summed E-state index contributed by atoms with van der Waals surface area (Å²) < 4.78 is 0. The summed E-state index contributed by atoms with van der Waals surface area (Å²) in [5.74, 6) is 0.875. The Hall–Kier alpha value is -2.63. The van der Waals surface area contributed by atoms with Gasteiger partial charge in [-0.05, 0) is 37.3 Å². The number of H-pyrrole nitrogens is 1. The highest BCUT2D eigenvalue weighted by molar-refractivity contribution is 5.96. The molecule has 3 heterocycles. The summed E-state index contributed by atoms with van der Waals surface area (Å²) in [7, 11) is 1.99. The van der Waals surface area contributed by atoms with E-state index in [-0.39, 0.29) is 11.5 Å². The van der Waals surface area contributed by atoms with Crippen molar-refractivity contribution in [2.24, 2.45) is 0 Å². The zero-order valence-electron chi connectivity index (χ0n) is 14.4. The predicted octanol–water partition coefficient (Wildman–Crippen LogP) is 1.74. The second kappa shape index (κ2) is 6.35. The van der Waals surface area contributed by atoms with Crippen molar-refractivity contribution in [2.45, 2.75) is 32.2 Å². The first-order valence-corrected chi connectivity index (χ1v) is 8.83. The van der Waals surface area contributed by atoms with Gasteiger partial charge in [0.25, 0.3) is 5.91 Å². The first-order valence-electron chi connectivity index (χ1n) is 8.83. The number of hydrogen-bond donors (Lipinski definition) is 1. The van der Waals surface area contributed by atoms with Crippen LogP contribution in [0.3, 0.4) is 0 Å². The lowest BCUT2D eigenvalue weighted by Crippen LogP contribution is -2.36. The SMILES string of the molecule is CN1CCN(C(=O)c2cc(=O)[nH]c3c2CCCC3)Cc2cccnc21. The van der Waals surface area contributed by atoms with E-state index in [1.165, 1.54) is 6.07 Å². The molecule has 0 spiro atoms. The normalized spacial score (nSPS) is 16.8. The molecule has 2 aromatic heterocycles. The molecule has 2 aliphatic rings. The Labute approximate surface area is 146 Å². The van der Waals surface area contributed by atoms with Gasteiger partial charge in [0.15, 0.2) is 0 Å². The van der Waals surface area contributed by atoms with Gasteiger partial charge in [-0.3, -0.25) is 9.59 Å². The van der Waals surface area contributed by atoms with Crippen molar-refractivity contribution in [3.63, 3.8) is 0 Å². The van der Waals surface area contributed by atoms with Crippen molar-refractivity contribution in [3.05, 3.63) is 57.1 Å². The van der Waals surface area contributed by atoms with Crippen molar-refractivity contribution in [2.75, 3.05) is 25.0 Å². The van der Waals surface area contributed by atoms with Crippen LogP contribution >= 0.6 is 0 Å². The highest BCUT2D eigenvalue weighted by atomic mass is 16.2. The molecule has 2 aromatic rings. The number of aryl methyl sites for hydroxylation is 1. The molecular weight excluding hydrogens is 316 g/mol. The van der Waals surface area contributed by atoms with E-state index in [0.717, 1.165) is 54.9 Å². The molecule has 0 bridgehead atoms. The zero-order chi connectivity index (χ0) is 17.4. The fourth-order valence-electron chi connectivity index (χ4n) is 3.84. The monoisotopic (exact) mass is 338 g/mol. The average molecular weight is 338 g/mol. The first-order chi connectivity index (χ1) is 12.1. The number of nitrogens with one attached hydrogen (secondary N) is 1. The molecule has 0 unspecified atom stereocenters. The van der Waals surface area contributed by atoms with E-state index in [0.29, 0.717) is 18.7 Å². The Morgan fingerprint density at radius 2 is 2.08 bits per heavy atom. The van der Waals surface area contributed by atoms with E-state index in [2.05, 4.69) is 14.9 Å². The smallest absolute Gasteiger partial charge is 0.254 e. The summed E-state index contributed by atoms with van der Waals surface area (Å²) in [6.07, 6.45) is 5.61. The van der Waals surface area contributed by atoms with Crippen LogP contribution in [0, 0.1) is 0 Å². The third-order valence-electron chi connectivity index (χ3n) is 5.16. The number of amides is 1. The van der Waals surface area contributed by atoms with Crippen LogP contribution in [0.5, 0.6) is 0 Å². The molecule has 4 rings (SSSR count). The van der Waals surface area contributed by atoms with Gasteiger partial charge in [-0.15, -0.1) is 0 Å². The number of likely N-dealkylation sites (N-methyl/N-ethyl adjacent to an activating group) is 1. The third-order valence-corrected chi connectivity index (χ3v) is 5.16. The summed E-state index contributed by atoms with van der Waals surface area (Å²) in [5, 5.41) is 0. The summed E-state index contributed by atoms with van der Waals surface area (Å²) in [6.45, 7) is 1.86. The number of carbonyl (C=O) groups excluding carboxylic acids is 1. The first kappa shape index (κ1) is 15.9. The number of fused-ring (bicyclic) bond motifs is 2. The molecule has 0 aromatic carbocycles. The molecule has 1 amide bonds. The van der Waals surface area contributed by atoms with Crippen LogP contribution in [0.2, 0.25) is 0 Å². The van der Waals surface area contributed by atoms with Gasteiger partial charge in [0.1, 0.15) is 5.82 Å². The van der Waals surface area contributed by atoms with E-state index in [4.69, 9.17) is 0 Å². The number of aromatic nitrogens is 2. The number of aromatic amines is 1. The fraction of sp³-hybridized carbons (Fsp3) is 0.421. The van der Waals surface area contributed by atoms with Crippen molar-refractivity contribution in [1.29, 1.82) is 0 Å². The molecule has 0 fully saturated rings. The van der Waals surface area contributed by atoms with E-state index in [9.17, 15) is 9.59 Å². The molecule has 25 heavy (non-hydrogen) atoms. The zero-order valence-corrected chi connectivity index (χ0v) is 14.4. The van der Waals surface area contributed by atoms with Crippen LogP contribution in [0.25, 0.3) is 0 Å². The van der Waals surface area contributed by atoms with Gasteiger partial charge in [0, 0.05) is 55.8 Å². The molecular formula is C19H22N4O2. The van der Waals surface area contributed by atoms with Gasteiger partial charge in [0.2, 0.25) is 5.56 Å². The van der Waals surface area contributed by atoms with Gasteiger partial charge in [-0.2, -0.15) is 0 Å². The Balaban J connectivity index is 1.70. The maximum atomic E-state index is 13.2. The van der Waals surface area contributed by atoms with Crippen LogP contribution in [-0.2, 0) is 19.4 Å². The van der Waals surface area contributed by atoms with Crippen molar-refractivity contribution < 1.29 is 4.79 Å². The molecule has 1 aliphatic heterocycles. The lowest BCUT2D eigenvalue weighted by atomic mass is 9.91. The van der Waals surface area contributed by atoms with Gasteiger partial charge in [-0.25, -0.2) is 4.98 Å². The minimum Gasteiger partial charge on any atom is -0.358 e. The molecule has 0 saturated heterocycles. The number of rotatable bonds is 1. The topological polar surface area (TPSA) is 69.3 Å². The highest BCUT2D eigenvalue weighted by Gasteiger charge is 2.26. The molecule has 6 heteroatoms. The summed E-state index contributed by atoms with van der Waals surface area (Å²) in [6, 6.07) is 5.39. The number of carbonyl (C=O) groups is 1. The fourth-order valence-corrected chi connectivity index (χ4v) is 3.84. The maximum absolute atomic E-state index is 13.2. The van der Waals surface area contributed by atoms with Crippen molar-refractivity contribution in [1.82, 2.24) is 14.9 Å². The second-order valence-corrected chi connectivity index (χ2v) is 6.85. The predicted molar refractivity (Wildman–Crippen MR) is 96.0 cm³/mol. The van der Waals surface area contributed by atoms with Crippen LogP contribution in [-0.4, -0.2) is 40.9 Å². The number of pyridine rings is 2. The Bertz CT molecular complexity index is 874. The van der Waals surface area contributed by atoms with Crippen LogP contribution in [0.1, 0.15) is 40.0 Å². The van der Waals surface area contributed by atoms with E-state index in [1.807, 2.05) is 24.1 Å². The quantitative estimate of drug-likeness (QED) is 0.860. The van der Waals surface area contributed by atoms with Gasteiger partial charge < -0.3 is 14.8 Å². The number of nitrogens with zero attached hydrogens (tertiary/aromatic N) is 3. The van der Waals surface area contributed by atoms with Gasteiger partial charge in [-0.1, -0.05) is 6.07 Å². The molecule has 0 saturated carbocycles. The average Bonchev–Trinajstić information content (AvgIpc) is 2.80. The molecule has 0 atom stereocenters. The summed E-state index contributed by atoms with van der Waals surface area (Å²) >= 11 is 0. The minimum atomic E-state index is -0.182. The minimum absolute atomic E-state index is 0.0469. The third kappa shape index (κ3) is 2.92. The van der Waals surface area contributed by atoms with E-state index < -0.39 is 0 Å². The largest absolute Gasteiger partial charge is 0.358 e. The standard InChI is InChI=1S/C19H22N4O2/c1-22-9-10-23(12-13-5-4-8-20-18(13)22)19(25)15-11-17(24)21-16-7-3-2-6-14(15)16/h4-5,8,11H,2-3,6-7,9-10,12H2,1H3,(H,21,24). The van der Waals surface area contributed by atoms with E-state index >= 15 is 0 Å². The molecule has 130 valence electrons. The Kier molecular flexibility index (Phi) is 4.03. The van der Waals surface area contributed by atoms with Crippen molar-refractivity contribution >= 4 is 11.7 Å².